The quantitative estimate of drug-likeness (QED) is 0.444. The third-order valence-corrected chi connectivity index (χ3v) is 7.10. The number of carbonyl (C=O) groups is 2. The Bertz CT molecular complexity index is 1120. The van der Waals surface area contributed by atoms with Crippen LogP contribution in [0.15, 0.2) is 48.5 Å². The van der Waals surface area contributed by atoms with Crippen LogP contribution in [0.1, 0.15) is 51.2 Å². The normalized spacial score (nSPS) is 12.3. The molecule has 0 heterocycles. The van der Waals surface area contributed by atoms with Crippen molar-refractivity contribution in [3.8, 4) is 0 Å². The van der Waals surface area contributed by atoms with E-state index in [1.165, 1.54) is 4.31 Å². The van der Waals surface area contributed by atoms with E-state index in [0.29, 0.717) is 30.1 Å². The van der Waals surface area contributed by atoms with Gasteiger partial charge in [-0.25, -0.2) is 8.42 Å². The lowest BCUT2D eigenvalue weighted by Gasteiger charge is -2.32. The maximum absolute atomic E-state index is 13.4. The van der Waals surface area contributed by atoms with Crippen LogP contribution in [0, 0.1) is 6.92 Å². The Morgan fingerprint density at radius 3 is 2.34 bits per heavy atom. The average Bonchev–Trinajstić information content (AvgIpc) is 2.76. The van der Waals surface area contributed by atoms with Gasteiger partial charge >= 0.3 is 0 Å². The van der Waals surface area contributed by atoms with Gasteiger partial charge in [0.05, 0.1) is 11.9 Å². The molecule has 1 N–H and O–H groups in total. The van der Waals surface area contributed by atoms with Crippen LogP contribution < -0.4 is 9.62 Å². The van der Waals surface area contributed by atoms with Crippen LogP contribution in [0.4, 0.5) is 5.69 Å². The monoisotopic (exact) mass is 521 g/mol. The SMILES string of the molecule is CCC(C(=O)NC(C)C)N(Cc1ccccc1C)C(=O)CCCN(c1cccc(Cl)c1)S(C)(=O)=O. The summed E-state index contributed by atoms with van der Waals surface area (Å²) in [5.74, 6) is -0.389. The van der Waals surface area contributed by atoms with Crippen molar-refractivity contribution >= 4 is 39.1 Å². The van der Waals surface area contributed by atoms with Gasteiger partial charge in [-0.3, -0.25) is 13.9 Å². The van der Waals surface area contributed by atoms with Crippen molar-refractivity contribution in [1.29, 1.82) is 0 Å². The van der Waals surface area contributed by atoms with Crippen molar-refractivity contribution in [2.24, 2.45) is 0 Å². The van der Waals surface area contributed by atoms with Crippen molar-refractivity contribution in [3.05, 3.63) is 64.7 Å². The highest BCUT2D eigenvalue weighted by molar-refractivity contribution is 7.92. The number of amides is 2. The molecule has 192 valence electrons. The second kappa shape index (κ2) is 12.9. The first kappa shape index (κ1) is 28.7. The smallest absolute Gasteiger partial charge is 0.243 e. The number of anilines is 1. The van der Waals surface area contributed by atoms with E-state index in [2.05, 4.69) is 5.32 Å². The summed E-state index contributed by atoms with van der Waals surface area (Å²) in [7, 11) is -3.57. The number of rotatable bonds is 12. The molecule has 35 heavy (non-hydrogen) atoms. The molecule has 2 aromatic carbocycles. The zero-order valence-electron chi connectivity index (χ0n) is 21.1. The fourth-order valence-corrected chi connectivity index (χ4v) is 5.05. The van der Waals surface area contributed by atoms with Gasteiger partial charge in [0, 0.05) is 30.6 Å². The number of hydrogen-bond acceptors (Lipinski definition) is 4. The van der Waals surface area contributed by atoms with E-state index in [4.69, 9.17) is 11.6 Å². The van der Waals surface area contributed by atoms with E-state index < -0.39 is 16.1 Å². The maximum Gasteiger partial charge on any atom is 0.243 e. The van der Waals surface area contributed by atoms with Crippen LogP contribution in [-0.4, -0.2) is 50.0 Å². The largest absolute Gasteiger partial charge is 0.352 e. The molecule has 7 nitrogen and oxygen atoms in total. The Morgan fingerprint density at radius 2 is 1.77 bits per heavy atom. The molecular formula is C26H36ClN3O4S. The number of hydrogen-bond donors (Lipinski definition) is 1. The number of nitrogens with zero attached hydrogens (tertiary/aromatic N) is 2. The second-order valence-electron chi connectivity index (χ2n) is 8.95. The summed E-state index contributed by atoms with van der Waals surface area (Å²) < 4.78 is 26.1. The molecule has 0 aliphatic carbocycles. The molecule has 2 aromatic rings. The first-order valence-corrected chi connectivity index (χ1v) is 14.0. The molecule has 0 radical (unpaired) electrons. The Kier molecular flexibility index (Phi) is 10.6. The summed E-state index contributed by atoms with van der Waals surface area (Å²) in [5, 5.41) is 3.35. The standard InChI is InChI=1S/C26H36ClN3O4S/c1-6-24(26(32)28-19(2)3)29(18-21-12-8-7-11-20(21)4)25(31)15-10-16-30(35(5,33)34)23-14-9-13-22(27)17-23/h7-9,11-14,17,19,24H,6,10,15-16,18H2,1-5H3,(H,28,32). The molecule has 9 heteroatoms. The van der Waals surface area contributed by atoms with E-state index in [9.17, 15) is 18.0 Å². The molecule has 2 amide bonds. The van der Waals surface area contributed by atoms with E-state index in [1.807, 2.05) is 52.0 Å². The summed E-state index contributed by atoms with van der Waals surface area (Å²) in [6.45, 7) is 8.05. The zero-order chi connectivity index (χ0) is 26.2. The van der Waals surface area contributed by atoms with Crippen molar-refractivity contribution in [2.45, 2.75) is 65.6 Å². The topological polar surface area (TPSA) is 86.8 Å². The maximum atomic E-state index is 13.4. The van der Waals surface area contributed by atoms with Gasteiger partial charge in [-0.05, 0) is 62.9 Å². The van der Waals surface area contributed by atoms with E-state index >= 15 is 0 Å². The lowest BCUT2D eigenvalue weighted by Crippen LogP contribution is -2.50. The van der Waals surface area contributed by atoms with Gasteiger partial charge in [-0.2, -0.15) is 0 Å². The van der Waals surface area contributed by atoms with Gasteiger partial charge in [0.15, 0.2) is 0 Å². The van der Waals surface area contributed by atoms with Crippen LogP contribution in [0.5, 0.6) is 0 Å². The molecule has 2 rings (SSSR count). The Balaban J connectivity index is 2.23. The first-order chi connectivity index (χ1) is 16.4. The minimum Gasteiger partial charge on any atom is -0.352 e. The highest BCUT2D eigenvalue weighted by Crippen LogP contribution is 2.23. The highest BCUT2D eigenvalue weighted by atomic mass is 35.5. The molecule has 0 aliphatic heterocycles. The summed E-state index contributed by atoms with van der Waals surface area (Å²) in [5.41, 5.74) is 2.45. The van der Waals surface area contributed by atoms with Gasteiger partial charge in [0.1, 0.15) is 6.04 Å². The number of aryl methyl sites for hydroxylation is 1. The Morgan fingerprint density at radius 1 is 1.09 bits per heavy atom. The average molecular weight is 522 g/mol. The molecule has 0 spiro atoms. The van der Waals surface area contributed by atoms with E-state index in [1.54, 1.807) is 29.2 Å². The van der Waals surface area contributed by atoms with Crippen LogP contribution in [-0.2, 0) is 26.2 Å². The molecule has 0 saturated heterocycles. The van der Waals surface area contributed by atoms with Gasteiger partial charge in [0.25, 0.3) is 0 Å². The number of halogens is 1. The van der Waals surface area contributed by atoms with Crippen LogP contribution in [0.2, 0.25) is 5.02 Å². The summed E-state index contributed by atoms with van der Waals surface area (Å²) >= 11 is 6.05. The number of nitrogens with one attached hydrogen (secondary N) is 1. The van der Waals surface area contributed by atoms with Gasteiger partial charge in [-0.15, -0.1) is 0 Å². The lowest BCUT2D eigenvalue weighted by molar-refractivity contribution is -0.141. The van der Waals surface area contributed by atoms with Crippen molar-refractivity contribution in [2.75, 3.05) is 17.1 Å². The van der Waals surface area contributed by atoms with E-state index in [0.717, 1.165) is 17.4 Å². The number of sulfonamides is 1. The number of carbonyl (C=O) groups excluding carboxylic acids is 2. The van der Waals surface area contributed by atoms with E-state index in [-0.39, 0.29) is 30.8 Å². The van der Waals surface area contributed by atoms with Crippen LogP contribution in [0.25, 0.3) is 0 Å². The third-order valence-electron chi connectivity index (χ3n) is 5.67. The highest BCUT2D eigenvalue weighted by Gasteiger charge is 2.29. The minimum absolute atomic E-state index is 0.0482. The zero-order valence-corrected chi connectivity index (χ0v) is 22.7. The molecule has 1 atom stereocenters. The molecule has 0 aliphatic rings. The Hall–Kier alpha value is -2.58. The Labute approximate surface area is 214 Å². The van der Waals surface area contributed by atoms with Crippen LogP contribution >= 0.6 is 11.6 Å². The lowest BCUT2D eigenvalue weighted by atomic mass is 10.0. The molecule has 0 bridgehead atoms. The summed E-state index contributed by atoms with van der Waals surface area (Å²) in [6, 6.07) is 13.7. The fourth-order valence-electron chi connectivity index (χ4n) is 3.91. The fraction of sp³-hybridized carbons (Fsp3) is 0.462. The minimum atomic E-state index is -3.57. The number of benzene rings is 2. The van der Waals surface area contributed by atoms with Gasteiger partial charge in [-0.1, -0.05) is 48.9 Å². The van der Waals surface area contributed by atoms with Crippen LogP contribution in [0.3, 0.4) is 0 Å². The molecule has 0 saturated carbocycles. The molecular weight excluding hydrogens is 486 g/mol. The summed E-state index contributed by atoms with van der Waals surface area (Å²) in [6.07, 6.45) is 1.99. The predicted octanol–water partition coefficient (Wildman–Crippen LogP) is 4.53. The van der Waals surface area contributed by atoms with Crippen molar-refractivity contribution in [3.63, 3.8) is 0 Å². The van der Waals surface area contributed by atoms with Crippen molar-refractivity contribution in [1.82, 2.24) is 10.2 Å². The van der Waals surface area contributed by atoms with Gasteiger partial charge in [0.2, 0.25) is 21.8 Å². The molecule has 0 aromatic heterocycles. The molecule has 0 fully saturated rings. The molecule has 1 unspecified atom stereocenters. The van der Waals surface area contributed by atoms with Gasteiger partial charge < -0.3 is 10.2 Å². The summed E-state index contributed by atoms with van der Waals surface area (Å²) in [4.78, 5) is 28.0. The first-order valence-electron chi connectivity index (χ1n) is 11.8. The second-order valence-corrected chi connectivity index (χ2v) is 11.3. The van der Waals surface area contributed by atoms with Crippen molar-refractivity contribution < 1.29 is 18.0 Å². The predicted molar refractivity (Wildman–Crippen MR) is 142 cm³/mol. The third kappa shape index (κ3) is 8.54.